The van der Waals surface area contributed by atoms with E-state index in [0.717, 1.165) is 57.8 Å². The normalized spacial score (nSPS) is 23.8. The van der Waals surface area contributed by atoms with Gasteiger partial charge in [-0.3, -0.25) is 14.5 Å². The molecular weight excluding hydrogens is 304 g/mol. The Labute approximate surface area is 144 Å². The molecule has 2 fully saturated rings. The second-order valence-electron chi connectivity index (χ2n) is 6.47. The Morgan fingerprint density at radius 1 is 1.04 bits per heavy atom. The Bertz CT molecular complexity index is 501. The molecule has 1 aromatic rings. The summed E-state index contributed by atoms with van der Waals surface area (Å²) in [5, 5.41) is 8.49. The molecule has 2 saturated heterocycles. The van der Waals surface area contributed by atoms with E-state index in [2.05, 4.69) is 15.5 Å². The fourth-order valence-corrected chi connectivity index (χ4v) is 3.28. The molecule has 1 aromatic carbocycles. The van der Waals surface area contributed by atoms with Crippen molar-refractivity contribution in [1.82, 2.24) is 20.6 Å². The average molecular weight is 332 g/mol. The molecule has 2 N–H and O–H groups in total. The Morgan fingerprint density at radius 3 is 2.46 bits per heavy atom. The van der Waals surface area contributed by atoms with E-state index in [1.807, 2.05) is 30.3 Å². The van der Waals surface area contributed by atoms with Crippen molar-refractivity contribution in [3.05, 3.63) is 35.9 Å². The Morgan fingerprint density at radius 2 is 1.75 bits per heavy atom. The summed E-state index contributed by atoms with van der Waals surface area (Å²) in [6.07, 6.45) is 1.47. The van der Waals surface area contributed by atoms with Crippen molar-refractivity contribution in [3.8, 4) is 0 Å². The highest BCUT2D eigenvalue weighted by Gasteiger charge is 2.33. The number of amides is 1. The van der Waals surface area contributed by atoms with E-state index in [1.165, 1.54) is 0 Å². The van der Waals surface area contributed by atoms with Crippen LogP contribution in [-0.2, 0) is 16.2 Å². The largest absolute Gasteiger partial charge is 0.314 e. The van der Waals surface area contributed by atoms with Crippen molar-refractivity contribution in [1.29, 1.82) is 0 Å². The lowest BCUT2D eigenvalue weighted by Gasteiger charge is -2.30. The molecule has 3 rings (SSSR count). The van der Waals surface area contributed by atoms with Crippen LogP contribution in [0.2, 0.25) is 0 Å². The smallest absolute Gasteiger partial charge is 0.246 e. The van der Waals surface area contributed by atoms with Crippen LogP contribution < -0.4 is 10.6 Å². The number of carbonyl (C=O) groups excluding carboxylic acids is 1. The van der Waals surface area contributed by atoms with E-state index in [4.69, 9.17) is 4.84 Å². The highest BCUT2D eigenvalue weighted by molar-refractivity contribution is 5.77. The molecule has 0 bridgehead atoms. The highest BCUT2D eigenvalue weighted by Crippen LogP contribution is 2.21. The molecule has 2 heterocycles. The first-order valence-electron chi connectivity index (χ1n) is 8.95. The molecule has 1 unspecified atom stereocenters. The van der Waals surface area contributed by atoms with Crippen molar-refractivity contribution in [3.63, 3.8) is 0 Å². The van der Waals surface area contributed by atoms with E-state index >= 15 is 0 Å². The summed E-state index contributed by atoms with van der Waals surface area (Å²) in [7, 11) is 0. The lowest BCUT2D eigenvalue weighted by molar-refractivity contribution is -0.196. The molecule has 0 aliphatic carbocycles. The molecular formula is C18H28N4O2. The van der Waals surface area contributed by atoms with Gasteiger partial charge in [0.1, 0.15) is 6.61 Å². The van der Waals surface area contributed by atoms with Gasteiger partial charge in [0.2, 0.25) is 5.91 Å². The first-order chi connectivity index (χ1) is 11.8. The molecule has 6 nitrogen and oxygen atoms in total. The van der Waals surface area contributed by atoms with Crippen molar-refractivity contribution < 1.29 is 9.63 Å². The van der Waals surface area contributed by atoms with Crippen molar-refractivity contribution in [2.75, 3.05) is 45.8 Å². The molecule has 2 aliphatic heterocycles. The number of rotatable bonds is 5. The maximum absolute atomic E-state index is 12.2. The number of hydrogen-bond acceptors (Lipinski definition) is 5. The van der Waals surface area contributed by atoms with E-state index in [1.54, 1.807) is 5.06 Å². The van der Waals surface area contributed by atoms with Crippen LogP contribution in [0.15, 0.2) is 30.3 Å². The van der Waals surface area contributed by atoms with Gasteiger partial charge in [-0.2, -0.15) is 0 Å². The predicted molar refractivity (Wildman–Crippen MR) is 93.3 cm³/mol. The molecule has 24 heavy (non-hydrogen) atoms. The second kappa shape index (κ2) is 9.13. The second-order valence-corrected chi connectivity index (χ2v) is 6.47. The van der Waals surface area contributed by atoms with Crippen LogP contribution >= 0.6 is 0 Å². The maximum atomic E-state index is 12.2. The van der Waals surface area contributed by atoms with Crippen LogP contribution in [0.25, 0.3) is 0 Å². The molecule has 6 heteroatoms. The monoisotopic (exact) mass is 332 g/mol. The third-order valence-electron chi connectivity index (χ3n) is 4.64. The van der Waals surface area contributed by atoms with Crippen LogP contribution in [-0.4, -0.2) is 67.7 Å². The molecule has 0 saturated carbocycles. The lowest BCUT2D eigenvalue weighted by atomic mass is 10.2. The number of nitrogens with zero attached hydrogens (tertiary/aromatic N) is 2. The SMILES string of the molecule is O=C1CCC(CN2CCNCCNCC2)N1OCc1ccccc1. The first-order valence-corrected chi connectivity index (χ1v) is 8.95. The molecule has 0 aromatic heterocycles. The van der Waals surface area contributed by atoms with Crippen LogP contribution in [0.4, 0.5) is 0 Å². The predicted octanol–water partition coefficient (Wildman–Crippen LogP) is 0.604. The van der Waals surface area contributed by atoms with Gasteiger partial charge < -0.3 is 10.6 Å². The van der Waals surface area contributed by atoms with Crippen molar-refractivity contribution in [2.24, 2.45) is 0 Å². The fourth-order valence-electron chi connectivity index (χ4n) is 3.28. The Kier molecular flexibility index (Phi) is 6.60. The fraction of sp³-hybridized carbons (Fsp3) is 0.611. The summed E-state index contributed by atoms with van der Waals surface area (Å²) >= 11 is 0. The molecule has 1 amide bonds. The zero-order valence-electron chi connectivity index (χ0n) is 14.2. The standard InChI is InChI=1S/C18H28N4O2/c23-18-7-6-17(14-21-12-10-19-8-9-20-11-13-21)22(18)24-15-16-4-2-1-3-5-16/h1-5,17,19-20H,6-15H2. The topological polar surface area (TPSA) is 56.8 Å². The molecule has 0 spiro atoms. The molecule has 1 atom stereocenters. The number of nitrogens with one attached hydrogen (secondary N) is 2. The number of hydrogen-bond donors (Lipinski definition) is 2. The maximum Gasteiger partial charge on any atom is 0.246 e. The van der Waals surface area contributed by atoms with Gasteiger partial charge >= 0.3 is 0 Å². The van der Waals surface area contributed by atoms with E-state index in [0.29, 0.717) is 13.0 Å². The third kappa shape index (κ3) is 5.01. The minimum absolute atomic E-state index is 0.108. The average Bonchev–Trinajstić information content (AvgIpc) is 3.01. The van der Waals surface area contributed by atoms with Crippen molar-refractivity contribution in [2.45, 2.75) is 25.5 Å². The summed E-state index contributed by atoms with van der Waals surface area (Å²) < 4.78 is 0. The van der Waals surface area contributed by atoms with Crippen LogP contribution in [0.5, 0.6) is 0 Å². The van der Waals surface area contributed by atoms with Gasteiger partial charge in [-0.05, 0) is 12.0 Å². The summed E-state index contributed by atoms with van der Waals surface area (Å²) in [6.45, 7) is 7.37. The van der Waals surface area contributed by atoms with Crippen LogP contribution in [0, 0.1) is 0 Å². The first kappa shape index (κ1) is 17.4. The minimum Gasteiger partial charge on any atom is -0.314 e. The van der Waals surface area contributed by atoms with Crippen LogP contribution in [0.3, 0.4) is 0 Å². The number of carbonyl (C=O) groups is 1. The summed E-state index contributed by atoms with van der Waals surface area (Å²) in [4.78, 5) is 20.5. The number of hydroxylamine groups is 2. The van der Waals surface area contributed by atoms with Crippen LogP contribution in [0.1, 0.15) is 18.4 Å². The molecule has 0 radical (unpaired) electrons. The zero-order chi connectivity index (χ0) is 16.6. The quantitative estimate of drug-likeness (QED) is 0.827. The Hall–Kier alpha value is -1.47. The third-order valence-corrected chi connectivity index (χ3v) is 4.64. The summed E-state index contributed by atoms with van der Waals surface area (Å²) in [5.74, 6) is 0.108. The minimum atomic E-state index is 0.108. The van der Waals surface area contributed by atoms with E-state index in [9.17, 15) is 4.79 Å². The Balaban J connectivity index is 1.53. The van der Waals surface area contributed by atoms with Crippen molar-refractivity contribution >= 4 is 5.91 Å². The zero-order valence-corrected chi connectivity index (χ0v) is 14.2. The van der Waals surface area contributed by atoms with E-state index in [-0.39, 0.29) is 11.9 Å². The summed E-state index contributed by atoms with van der Waals surface area (Å²) in [6, 6.07) is 10.2. The van der Waals surface area contributed by atoms with Gasteiger partial charge in [0.15, 0.2) is 0 Å². The summed E-state index contributed by atoms with van der Waals surface area (Å²) in [5.41, 5.74) is 1.09. The number of benzene rings is 1. The van der Waals surface area contributed by atoms with E-state index < -0.39 is 0 Å². The van der Waals surface area contributed by atoms with Gasteiger partial charge in [0, 0.05) is 52.2 Å². The van der Waals surface area contributed by atoms with Gasteiger partial charge in [0.05, 0.1) is 6.04 Å². The van der Waals surface area contributed by atoms with Gasteiger partial charge in [0.25, 0.3) is 0 Å². The molecule has 2 aliphatic rings. The van der Waals surface area contributed by atoms with Gasteiger partial charge in [-0.25, -0.2) is 5.06 Å². The lowest BCUT2D eigenvalue weighted by Crippen LogP contribution is -2.44. The highest BCUT2D eigenvalue weighted by atomic mass is 16.7. The molecule has 132 valence electrons. The van der Waals surface area contributed by atoms with Gasteiger partial charge in [-0.1, -0.05) is 30.3 Å². The van der Waals surface area contributed by atoms with Gasteiger partial charge in [-0.15, -0.1) is 0 Å².